The molecule has 0 radical (unpaired) electrons. The molecule has 0 aromatic carbocycles. The number of rotatable bonds is 4. The van der Waals surface area contributed by atoms with Gasteiger partial charge in [-0.15, -0.1) is 0 Å². The molecule has 0 amide bonds. The Bertz CT molecular complexity index is 488. The molecule has 2 aromatic heterocycles. The van der Waals surface area contributed by atoms with E-state index in [1.165, 1.54) is 19.1 Å². The van der Waals surface area contributed by atoms with Gasteiger partial charge in [-0.3, -0.25) is 0 Å². The van der Waals surface area contributed by atoms with Crippen LogP contribution in [-0.4, -0.2) is 11.0 Å². The summed E-state index contributed by atoms with van der Waals surface area (Å²) in [5.41, 5.74) is 0.742. The number of halogens is 1. The molecule has 1 fully saturated rings. The lowest BCUT2D eigenvalue weighted by Crippen LogP contribution is -2.15. The highest BCUT2D eigenvalue weighted by molar-refractivity contribution is 6.31. The van der Waals surface area contributed by atoms with E-state index in [1.807, 2.05) is 0 Å². The molecule has 16 heavy (non-hydrogen) atoms. The molecule has 4 nitrogen and oxygen atoms in total. The quantitative estimate of drug-likeness (QED) is 0.890. The van der Waals surface area contributed by atoms with Gasteiger partial charge in [0.2, 0.25) is 11.1 Å². The molecule has 0 bridgehead atoms. The first-order valence-corrected chi connectivity index (χ1v) is 5.62. The molecule has 5 heteroatoms. The van der Waals surface area contributed by atoms with Crippen molar-refractivity contribution in [3.05, 3.63) is 29.6 Å². The van der Waals surface area contributed by atoms with Gasteiger partial charge in [0.1, 0.15) is 0 Å². The largest absolute Gasteiger partial charge is 0.452 e. The zero-order chi connectivity index (χ0) is 11.0. The van der Waals surface area contributed by atoms with Gasteiger partial charge in [-0.05, 0) is 30.5 Å². The van der Waals surface area contributed by atoms with E-state index < -0.39 is 0 Å². The smallest absolute Gasteiger partial charge is 0.208 e. The number of aromatic nitrogens is 1. The first-order chi connectivity index (χ1) is 7.83. The molecule has 1 aliphatic rings. The third kappa shape index (κ3) is 1.99. The zero-order valence-corrected chi connectivity index (χ0v) is 9.33. The molecule has 3 rings (SSSR count). The topological polar surface area (TPSA) is 51.2 Å². The van der Waals surface area contributed by atoms with Crippen LogP contribution in [0.15, 0.2) is 27.4 Å². The van der Waals surface area contributed by atoms with Gasteiger partial charge in [0.15, 0.2) is 5.76 Å². The lowest BCUT2D eigenvalue weighted by Gasteiger charge is -1.96. The summed E-state index contributed by atoms with van der Waals surface area (Å²) in [5.74, 6) is 1.32. The SMILES string of the molecule is Clc1occc1-c1cnc(CNC2CC2)o1. The van der Waals surface area contributed by atoms with Crippen molar-refractivity contribution >= 4 is 11.6 Å². The second-order valence-electron chi connectivity index (χ2n) is 3.88. The third-order valence-electron chi connectivity index (χ3n) is 2.56. The van der Waals surface area contributed by atoms with Crippen molar-refractivity contribution < 1.29 is 8.83 Å². The van der Waals surface area contributed by atoms with E-state index >= 15 is 0 Å². The van der Waals surface area contributed by atoms with Crippen LogP contribution in [0.25, 0.3) is 11.3 Å². The molecule has 0 unspecified atom stereocenters. The molecule has 0 atom stereocenters. The summed E-state index contributed by atoms with van der Waals surface area (Å²) in [5, 5.41) is 3.66. The van der Waals surface area contributed by atoms with Crippen LogP contribution in [0.4, 0.5) is 0 Å². The average molecular weight is 239 g/mol. The fraction of sp³-hybridized carbons (Fsp3) is 0.364. The van der Waals surface area contributed by atoms with Crippen LogP contribution in [0.5, 0.6) is 0 Å². The Morgan fingerprint density at radius 1 is 1.50 bits per heavy atom. The molecule has 84 valence electrons. The molecule has 2 aromatic rings. The number of hydrogen-bond acceptors (Lipinski definition) is 4. The summed E-state index contributed by atoms with van der Waals surface area (Å²) in [6.45, 7) is 0.667. The Morgan fingerprint density at radius 2 is 2.38 bits per heavy atom. The standard InChI is InChI=1S/C11H11ClN2O2/c12-11-8(3-4-15-11)9-5-14-10(16-9)6-13-7-1-2-7/h3-5,7,13H,1-2,6H2. The van der Waals surface area contributed by atoms with E-state index in [4.69, 9.17) is 20.4 Å². The van der Waals surface area contributed by atoms with Crippen molar-refractivity contribution in [3.63, 3.8) is 0 Å². The number of furan rings is 1. The van der Waals surface area contributed by atoms with Crippen molar-refractivity contribution in [1.29, 1.82) is 0 Å². The van der Waals surface area contributed by atoms with Crippen LogP contribution in [-0.2, 0) is 6.54 Å². The first-order valence-electron chi connectivity index (χ1n) is 5.24. The molecule has 0 spiro atoms. The zero-order valence-electron chi connectivity index (χ0n) is 8.57. The Hall–Kier alpha value is -1.26. The Kier molecular flexibility index (Phi) is 2.46. The minimum Gasteiger partial charge on any atom is -0.452 e. The second-order valence-corrected chi connectivity index (χ2v) is 4.22. The number of nitrogens with one attached hydrogen (secondary N) is 1. The fourth-order valence-corrected chi connectivity index (χ4v) is 1.71. The van der Waals surface area contributed by atoms with Gasteiger partial charge in [0.25, 0.3) is 0 Å². The maximum absolute atomic E-state index is 5.85. The van der Waals surface area contributed by atoms with Gasteiger partial charge in [-0.2, -0.15) is 0 Å². The minimum absolute atomic E-state index is 0.331. The van der Waals surface area contributed by atoms with Gasteiger partial charge in [0.05, 0.1) is 24.6 Å². The van der Waals surface area contributed by atoms with Gasteiger partial charge in [0, 0.05) is 6.04 Å². The van der Waals surface area contributed by atoms with Gasteiger partial charge in [-0.1, -0.05) is 0 Å². The second kappa shape index (κ2) is 3.96. The van der Waals surface area contributed by atoms with Gasteiger partial charge >= 0.3 is 0 Å². The van der Waals surface area contributed by atoms with Crippen LogP contribution in [0, 0.1) is 0 Å². The third-order valence-corrected chi connectivity index (χ3v) is 2.85. The number of nitrogens with zero attached hydrogens (tertiary/aromatic N) is 1. The van der Waals surface area contributed by atoms with Crippen molar-refractivity contribution in [2.24, 2.45) is 0 Å². The maximum Gasteiger partial charge on any atom is 0.208 e. The lowest BCUT2D eigenvalue weighted by atomic mass is 10.3. The predicted molar refractivity (Wildman–Crippen MR) is 59.1 cm³/mol. The molecule has 2 heterocycles. The Labute approximate surface area is 97.6 Å². The van der Waals surface area contributed by atoms with Crippen LogP contribution in [0.1, 0.15) is 18.7 Å². The summed E-state index contributed by atoms with van der Waals surface area (Å²) in [6, 6.07) is 2.41. The number of oxazole rings is 1. The highest BCUT2D eigenvalue weighted by Crippen LogP contribution is 2.29. The fourth-order valence-electron chi connectivity index (χ4n) is 1.51. The monoisotopic (exact) mass is 238 g/mol. The van der Waals surface area contributed by atoms with E-state index in [0.717, 1.165) is 5.56 Å². The van der Waals surface area contributed by atoms with Crippen molar-refractivity contribution in [2.45, 2.75) is 25.4 Å². The van der Waals surface area contributed by atoms with Crippen LogP contribution >= 0.6 is 11.6 Å². The Balaban J connectivity index is 1.74. The predicted octanol–water partition coefficient (Wildman–Crippen LogP) is 2.84. The van der Waals surface area contributed by atoms with E-state index in [9.17, 15) is 0 Å². The van der Waals surface area contributed by atoms with E-state index in [0.29, 0.717) is 29.5 Å². The van der Waals surface area contributed by atoms with Crippen LogP contribution in [0.3, 0.4) is 0 Å². The highest BCUT2D eigenvalue weighted by Gasteiger charge is 2.21. The molecule has 1 aliphatic carbocycles. The molecule has 0 aliphatic heterocycles. The molecule has 0 saturated heterocycles. The van der Waals surface area contributed by atoms with E-state index in [-0.39, 0.29) is 0 Å². The summed E-state index contributed by atoms with van der Waals surface area (Å²) >= 11 is 5.85. The Morgan fingerprint density at radius 3 is 3.06 bits per heavy atom. The summed E-state index contributed by atoms with van der Waals surface area (Å²) in [7, 11) is 0. The summed E-state index contributed by atoms with van der Waals surface area (Å²) in [6.07, 6.45) is 5.70. The average Bonchev–Trinajstić information content (AvgIpc) is 2.82. The van der Waals surface area contributed by atoms with Gasteiger partial charge < -0.3 is 14.2 Å². The van der Waals surface area contributed by atoms with E-state index in [2.05, 4.69) is 10.3 Å². The van der Waals surface area contributed by atoms with Gasteiger partial charge in [-0.25, -0.2) is 4.98 Å². The highest BCUT2D eigenvalue weighted by atomic mass is 35.5. The molecular formula is C11H11ClN2O2. The number of hydrogen-bond donors (Lipinski definition) is 1. The van der Waals surface area contributed by atoms with Crippen LogP contribution < -0.4 is 5.32 Å². The summed E-state index contributed by atoms with van der Waals surface area (Å²) < 4.78 is 10.6. The molecule has 1 N–H and O–H groups in total. The van der Waals surface area contributed by atoms with Crippen molar-refractivity contribution in [3.8, 4) is 11.3 Å². The van der Waals surface area contributed by atoms with Crippen molar-refractivity contribution in [2.75, 3.05) is 0 Å². The maximum atomic E-state index is 5.85. The molecular weight excluding hydrogens is 228 g/mol. The minimum atomic E-state index is 0.331. The van der Waals surface area contributed by atoms with E-state index in [1.54, 1.807) is 12.3 Å². The van der Waals surface area contributed by atoms with Crippen molar-refractivity contribution in [1.82, 2.24) is 10.3 Å². The first kappa shape index (κ1) is 9.93. The molecule has 1 saturated carbocycles. The van der Waals surface area contributed by atoms with Crippen LogP contribution in [0.2, 0.25) is 5.22 Å². The summed E-state index contributed by atoms with van der Waals surface area (Å²) in [4.78, 5) is 4.18. The normalized spacial score (nSPS) is 15.6. The lowest BCUT2D eigenvalue weighted by molar-refractivity contribution is 0.476.